The number of aliphatic hydroxyl groups excluding tert-OH is 1. The number of halogens is 4. The highest BCUT2D eigenvalue weighted by atomic mass is 19.3. The maximum atomic E-state index is 13.1. The van der Waals surface area contributed by atoms with Gasteiger partial charge < -0.3 is 15.6 Å². The van der Waals surface area contributed by atoms with Gasteiger partial charge in [0.1, 0.15) is 5.75 Å². The van der Waals surface area contributed by atoms with Crippen molar-refractivity contribution in [2.45, 2.75) is 31.1 Å². The van der Waals surface area contributed by atoms with E-state index in [9.17, 15) is 22.7 Å². The highest BCUT2D eigenvalue weighted by molar-refractivity contribution is 5.37. The number of alkyl halides is 4. The van der Waals surface area contributed by atoms with Gasteiger partial charge in [-0.05, 0) is 11.6 Å². The second-order valence-electron chi connectivity index (χ2n) is 5.29. The second kappa shape index (κ2) is 7.63. The van der Waals surface area contributed by atoms with Crippen LogP contribution in [0.4, 0.5) is 17.6 Å². The first-order chi connectivity index (χ1) is 11.3. The van der Waals surface area contributed by atoms with Gasteiger partial charge in [-0.3, -0.25) is 0 Å². The lowest BCUT2D eigenvalue weighted by Crippen LogP contribution is -2.35. The van der Waals surface area contributed by atoms with Crippen molar-refractivity contribution < 1.29 is 27.4 Å². The number of ether oxygens (including phenoxy) is 1. The van der Waals surface area contributed by atoms with Gasteiger partial charge in [-0.15, -0.1) is 0 Å². The standard InChI is InChI=1S/C17H17F4NO2/c18-16(19)17(20,21)24-14-9-5-4-8-12(14)15(22)13(23)10-11-6-2-1-3-7-11/h1-9,13,15-16,23H,10,22H2/t13-,15+/m0/s1. The molecule has 2 atom stereocenters. The van der Waals surface area contributed by atoms with E-state index in [1.54, 1.807) is 24.3 Å². The third-order valence-corrected chi connectivity index (χ3v) is 3.48. The number of rotatable bonds is 7. The molecule has 0 spiro atoms. The fraction of sp³-hybridized carbons (Fsp3) is 0.294. The summed E-state index contributed by atoms with van der Waals surface area (Å²) in [6.07, 6.45) is -9.53. The Morgan fingerprint density at radius 2 is 1.58 bits per heavy atom. The first-order valence-corrected chi connectivity index (χ1v) is 7.22. The predicted molar refractivity (Wildman–Crippen MR) is 81.1 cm³/mol. The molecule has 0 fully saturated rings. The molecule has 3 nitrogen and oxygen atoms in total. The fourth-order valence-corrected chi connectivity index (χ4v) is 2.23. The van der Waals surface area contributed by atoms with E-state index in [-0.39, 0.29) is 12.0 Å². The third-order valence-electron chi connectivity index (χ3n) is 3.48. The van der Waals surface area contributed by atoms with Crippen LogP contribution in [0.15, 0.2) is 54.6 Å². The molecule has 24 heavy (non-hydrogen) atoms. The molecule has 130 valence electrons. The van der Waals surface area contributed by atoms with E-state index in [0.29, 0.717) is 0 Å². The Morgan fingerprint density at radius 1 is 1.00 bits per heavy atom. The van der Waals surface area contributed by atoms with Crippen LogP contribution in [0.1, 0.15) is 17.2 Å². The maximum absolute atomic E-state index is 13.1. The van der Waals surface area contributed by atoms with Gasteiger partial charge in [0.25, 0.3) is 0 Å². The minimum absolute atomic E-state index is 0.0289. The van der Waals surface area contributed by atoms with Crippen molar-refractivity contribution in [1.29, 1.82) is 0 Å². The van der Waals surface area contributed by atoms with Crippen LogP contribution < -0.4 is 10.5 Å². The molecule has 0 radical (unpaired) electrons. The molecule has 0 aliphatic heterocycles. The van der Waals surface area contributed by atoms with Gasteiger partial charge in [0.15, 0.2) is 0 Å². The molecule has 0 aliphatic rings. The SMILES string of the molecule is N[C@H](c1ccccc1OC(F)(F)C(F)F)[C@@H](O)Cc1ccccc1. The van der Waals surface area contributed by atoms with Gasteiger partial charge in [-0.2, -0.15) is 17.6 Å². The zero-order valence-corrected chi connectivity index (χ0v) is 12.6. The van der Waals surface area contributed by atoms with Gasteiger partial charge in [0.2, 0.25) is 0 Å². The first kappa shape index (κ1) is 18.2. The molecular weight excluding hydrogens is 326 g/mol. The number of aliphatic hydroxyl groups is 1. The van der Waals surface area contributed by atoms with E-state index in [4.69, 9.17) is 5.73 Å². The average molecular weight is 343 g/mol. The number of hydrogen-bond acceptors (Lipinski definition) is 3. The van der Waals surface area contributed by atoms with Crippen LogP contribution in [0.25, 0.3) is 0 Å². The van der Waals surface area contributed by atoms with Crippen molar-refractivity contribution >= 4 is 0 Å². The fourth-order valence-electron chi connectivity index (χ4n) is 2.23. The predicted octanol–water partition coefficient (Wildman–Crippen LogP) is 3.53. The Labute approximate surface area is 136 Å². The molecule has 0 saturated heterocycles. The summed E-state index contributed by atoms with van der Waals surface area (Å²) < 4.78 is 55.1. The van der Waals surface area contributed by atoms with Crippen LogP contribution in [0.3, 0.4) is 0 Å². The van der Waals surface area contributed by atoms with E-state index in [1.165, 1.54) is 18.2 Å². The van der Waals surface area contributed by atoms with Crippen LogP contribution in [0.5, 0.6) is 5.75 Å². The van der Waals surface area contributed by atoms with Crippen molar-refractivity contribution in [1.82, 2.24) is 0 Å². The lowest BCUT2D eigenvalue weighted by molar-refractivity contribution is -0.253. The average Bonchev–Trinajstić information content (AvgIpc) is 2.55. The summed E-state index contributed by atoms with van der Waals surface area (Å²) in [6, 6.07) is 13.2. The van der Waals surface area contributed by atoms with Gasteiger partial charge >= 0.3 is 12.5 Å². The van der Waals surface area contributed by atoms with Crippen LogP contribution in [0, 0.1) is 0 Å². The molecule has 7 heteroatoms. The summed E-state index contributed by atoms with van der Waals surface area (Å²) in [7, 11) is 0. The molecule has 0 unspecified atom stereocenters. The lowest BCUT2D eigenvalue weighted by Gasteiger charge is -2.24. The molecule has 0 aliphatic carbocycles. The first-order valence-electron chi connectivity index (χ1n) is 7.22. The topological polar surface area (TPSA) is 55.5 Å². The summed E-state index contributed by atoms with van der Waals surface area (Å²) in [5.74, 6) is -0.484. The third kappa shape index (κ3) is 4.46. The van der Waals surface area contributed by atoms with E-state index in [0.717, 1.165) is 11.6 Å². The van der Waals surface area contributed by atoms with Crippen LogP contribution >= 0.6 is 0 Å². The monoisotopic (exact) mass is 343 g/mol. The second-order valence-corrected chi connectivity index (χ2v) is 5.29. The molecule has 0 saturated carbocycles. The zero-order valence-electron chi connectivity index (χ0n) is 12.6. The van der Waals surface area contributed by atoms with Gasteiger partial charge in [-0.1, -0.05) is 48.5 Å². The van der Waals surface area contributed by atoms with E-state index < -0.39 is 30.4 Å². The minimum atomic E-state index is -4.64. The van der Waals surface area contributed by atoms with Gasteiger partial charge in [0, 0.05) is 12.0 Å². The number of nitrogens with two attached hydrogens (primary N) is 1. The summed E-state index contributed by atoms with van der Waals surface area (Å²) in [5.41, 5.74) is 6.75. The molecule has 0 bridgehead atoms. The molecule has 0 heterocycles. The summed E-state index contributed by atoms with van der Waals surface area (Å²) in [6.45, 7) is 0. The maximum Gasteiger partial charge on any atom is 0.461 e. The Kier molecular flexibility index (Phi) is 5.80. The van der Waals surface area contributed by atoms with E-state index >= 15 is 0 Å². The summed E-state index contributed by atoms with van der Waals surface area (Å²) >= 11 is 0. The van der Waals surface area contributed by atoms with Crippen molar-refractivity contribution in [3.8, 4) is 5.75 Å². The molecule has 2 rings (SSSR count). The number of benzene rings is 2. The molecular formula is C17H17F4NO2. The normalized spacial score (nSPS) is 14.5. The minimum Gasteiger partial charge on any atom is -0.428 e. The summed E-state index contributed by atoms with van der Waals surface area (Å²) in [4.78, 5) is 0. The van der Waals surface area contributed by atoms with Crippen molar-refractivity contribution in [3.05, 3.63) is 65.7 Å². The highest BCUT2D eigenvalue weighted by Gasteiger charge is 2.44. The Morgan fingerprint density at radius 3 is 2.21 bits per heavy atom. The highest BCUT2D eigenvalue weighted by Crippen LogP contribution is 2.33. The molecule has 3 N–H and O–H groups in total. The molecule has 0 aromatic heterocycles. The summed E-state index contributed by atoms with van der Waals surface area (Å²) in [5, 5.41) is 10.2. The Balaban J connectivity index is 2.18. The van der Waals surface area contributed by atoms with Gasteiger partial charge in [-0.25, -0.2) is 0 Å². The lowest BCUT2D eigenvalue weighted by atomic mass is 9.96. The Hall–Kier alpha value is -2.12. The zero-order chi connectivity index (χ0) is 17.7. The quantitative estimate of drug-likeness (QED) is 0.756. The number of hydrogen-bond donors (Lipinski definition) is 2. The van der Waals surface area contributed by atoms with Crippen LogP contribution in [-0.2, 0) is 6.42 Å². The molecule has 2 aromatic carbocycles. The number of para-hydroxylation sites is 1. The van der Waals surface area contributed by atoms with Crippen molar-refractivity contribution in [2.75, 3.05) is 0 Å². The van der Waals surface area contributed by atoms with E-state index in [1.807, 2.05) is 6.07 Å². The van der Waals surface area contributed by atoms with Crippen molar-refractivity contribution in [3.63, 3.8) is 0 Å². The van der Waals surface area contributed by atoms with Crippen LogP contribution in [-0.4, -0.2) is 23.7 Å². The Bertz CT molecular complexity index is 652. The van der Waals surface area contributed by atoms with Gasteiger partial charge in [0.05, 0.1) is 12.1 Å². The van der Waals surface area contributed by atoms with Crippen molar-refractivity contribution in [2.24, 2.45) is 5.73 Å². The molecule has 2 aromatic rings. The largest absolute Gasteiger partial charge is 0.461 e. The van der Waals surface area contributed by atoms with Crippen LogP contribution in [0.2, 0.25) is 0 Å². The van der Waals surface area contributed by atoms with E-state index in [2.05, 4.69) is 4.74 Å². The molecule has 0 amide bonds. The smallest absolute Gasteiger partial charge is 0.428 e.